The van der Waals surface area contributed by atoms with Crippen LogP contribution in [-0.2, 0) is 12.7 Å². The number of carbonyl (C=O) groups excluding carboxylic acids is 1. The second kappa shape index (κ2) is 6.08. The van der Waals surface area contributed by atoms with E-state index in [1.165, 1.54) is 6.26 Å². The van der Waals surface area contributed by atoms with Crippen molar-refractivity contribution in [1.82, 2.24) is 15.3 Å². The van der Waals surface area contributed by atoms with Crippen LogP contribution in [0.3, 0.4) is 0 Å². The van der Waals surface area contributed by atoms with E-state index >= 15 is 0 Å². The number of rotatable bonds is 3. The number of urea groups is 1. The highest BCUT2D eigenvalue weighted by Gasteiger charge is 2.33. The quantitative estimate of drug-likeness (QED) is 0.657. The number of amides is 2. The molecule has 2 amide bonds. The molecule has 0 radical (unpaired) electrons. The van der Waals surface area contributed by atoms with Crippen LogP contribution in [-0.4, -0.2) is 16.0 Å². The second-order valence-electron chi connectivity index (χ2n) is 4.85. The number of imidazole rings is 1. The number of nitrogens with one attached hydrogen (secondary N) is 3. The minimum absolute atomic E-state index is 0.118. The number of halogens is 4. The first-order chi connectivity index (χ1) is 11.3. The fourth-order valence-electron chi connectivity index (χ4n) is 2.05. The molecule has 3 rings (SSSR count). The van der Waals surface area contributed by atoms with Gasteiger partial charge in [-0.3, -0.25) is 5.32 Å². The Kier molecular flexibility index (Phi) is 4.10. The van der Waals surface area contributed by atoms with E-state index in [1.807, 2.05) is 4.98 Å². The van der Waals surface area contributed by atoms with Crippen LogP contribution in [0, 0.1) is 0 Å². The van der Waals surface area contributed by atoms with Gasteiger partial charge in [-0.1, -0.05) is 11.6 Å². The summed E-state index contributed by atoms with van der Waals surface area (Å²) in [5, 5.41) is 5.99. The van der Waals surface area contributed by atoms with Crippen LogP contribution < -0.4 is 10.6 Å². The van der Waals surface area contributed by atoms with E-state index in [4.69, 9.17) is 16.0 Å². The van der Waals surface area contributed by atoms with E-state index in [9.17, 15) is 18.0 Å². The molecule has 6 nitrogen and oxygen atoms in total. The number of aromatic amines is 1. The first-order valence-electron chi connectivity index (χ1n) is 6.65. The average molecular weight is 359 g/mol. The number of furan rings is 1. The molecule has 0 unspecified atom stereocenters. The third-order valence-electron chi connectivity index (χ3n) is 3.17. The molecule has 0 bridgehead atoms. The summed E-state index contributed by atoms with van der Waals surface area (Å²) in [6.07, 6.45) is -2.49. The van der Waals surface area contributed by atoms with E-state index in [1.54, 1.807) is 18.2 Å². The maximum absolute atomic E-state index is 12.4. The molecule has 0 atom stereocenters. The second-order valence-corrected chi connectivity index (χ2v) is 5.29. The Morgan fingerprint density at radius 3 is 2.88 bits per heavy atom. The number of carbonyl (C=O) groups is 1. The van der Waals surface area contributed by atoms with Crippen molar-refractivity contribution in [3.63, 3.8) is 0 Å². The molecule has 126 valence electrons. The van der Waals surface area contributed by atoms with Gasteiger partial charge in [0.15, 0.2) is 0 Å². The first kappa shape index (κ1) is 16.2. The largest absolute Gasteiger partial charge is 0.464 e. The van der Waals surface area contributed by atoms with Crippen LogP contribution in [0.5, 0.6) is 0 Å². The summed E-state index contributed by atoms with van der Waals surface area (Å²) in [6, 6.07) is 4.37. The molecule has 3 aromatic rings. The van der Waals surface area contributed by atoms with Crippen LogP contribution in [0.15, 0.2) is 35.1 Å². The summed E-state index contributed by atoms with van der Waals surface area (Å²) in [7, 11) is 0. The summed E-state index contributed by atoms with van der Waals surface area (Å²) in [5.41, 5.74) is 0.225. The van der Waals surface area contributed by atoms with Gasteiger partial charge in [-0.15, -0.1) is 0 Å². The third kappa shape index (κ3) is 3.46. The van der Waals surface area contributed by atoms with Crippen molar-refractivity contribution in [3.05, 3.63) is 46.9 Å². The van der Waals surface area contributed by atoms with Gasteiger partial charge >= 0.3 is 12.2 Å². The third-order valence-corrected chi connectivity index (χ3v) is 3.41. The number of hydrogen-bond donors (Lipinski definition) is 3. The lowest BCUT2D eigenvalue weighted by molar-refractivity contribution is -0.140. The molecule has 0 saturated carbocycles. The molecule has 0 spiro atoms. The van der Waals surface area contributed by atoms with Crippen molar-refractivity contribution >= 4 is 34.5 Å². The molecular weight excluding hydrogens is 349 g/mol. The lowest BCUT2D eigenvalue weighted by Crippen LogP contribution is -2.28. The Hall–Kier alpha value is -2.68. The number of benzene rings is 1. The van der Waals surface area contributed by atoms with Gasteiger partial charge in [-0.05, 0) is 18.2 Å². The average Bonchev–Trinajstić information content (AvgIpc) is 3.11. The van der Waals surface area contributed by atoms with Gasteiger partial charge < -0.3 is 14.7 Å². The van der Waals surface area contributed by atoms with Crippen LogP contribution in [0.2, 0.25) is 5.02 Å². The SMILES string of the molecule is O=C(NCc1coc2cc(Cl)ccc12)Nc1ncc(C(F)(F)F)[nH]1. The van der Waals surface area contributed by atoms with Gasteiger partial charge in [0.25, 0.3) is 0 Å². The number of fused-ring (bicyclic) bond motifs is 1. The minimum Gasteiger partial charge on any atom is -0.464 e. The molecule has 2 heterocycles. The number of aromatic nitrogens is 2. The number of H-pyrrole nitrogens is 1. The van der Waals surface area contributed by atoms with E-state index in [0.29, 0.717) is 22.4 Å². The molecule has 0 saturated heterocycles. The monoisotopic (exact) mass is 358 g/mol. The van der Waals surface area contributed by atoms with Gasteiger partial charge in [0.1, 0.15) is 11.3 Å². The van der Waals surface area contributed by atoms with Crippen LogP contribution >= 0.6 is 11.6 Å². The van der Waals surface area contributed by atoms with Crippen molar-refractivity contribution < 1.29 is 22.4 Å². The van der Waals surface area contributed by atoms with Crippen molar-refractivity contribution in [2.75, 3.05) is 5.32 Å². The molecule has 0 aliphatic heterocycles. The van der Waals surface area contributed by atoms with E-state index < -0.39 is 17.9 Å². The zero-order valence-corrected chi connectivity index (χ0v) is 12.6. The zero-order valence-electron chi connectivity index (χ0n) is 11.9. The van der Waals surface area contributed by atoms with Crippen LogP contribution in [0.1, 0.15) is 11.3 Å². The van der Waals surface area contributed by atoms with Crippen molar-refractivity contribution in [1.29, 1.82) is 0 Å². The Labute approximate surface area is 138 Å². The van der Waals surface area contributed by atoms with Gasteiger partial charge in [-0.2, -0.15) is 13.2 Å². The van der Waals surface area contributed by atoms with E-state index in [2.05, 4.69) is 15.6 Å². The zero-order chi connectivity index (χ0) is 17.3. The predicted octanol–water partition coefficient (Wildman–Crippen LogP) is 4.15. The predicted molar refractivity (Wildman–Crippen MR) is 80.7 cm³/mol. The molecule has 0 aliphatic carbocycles. The van der Waals surface area contributed by atoms with Gasteiger partial charge in [0.2, 0.25) is 5.95 Å². The molecule has 0 aliphatic rings. The lowest BCUT2D eigenvalue weighted by Gasteiger charge is -2.05. The highest BCUT2D eigenvalue weighted by molar-refractivity contribution is 6.31. The van der Waals surface area contributed by atoms with E-state index in [0.717, 1.165) is 5.39 Å². The highest BCUT2D eigenvalue weighted by Crippen LogP contribution is 2.28. The van der Waals surface area contributed by atoms with Crippen molar-refractivity contribution in [3.8, 4) is 0 Å². The van der Waals surface area contributed by atoms with Gasteiger partial charge in [0.05, 0.1) is 12.5 Å². The molecule has 10 heteroatoms. The molecule has 3 N–H and O–H groups in total. The van der Waals surface area contributed by atoms with Crippen molar-refractivity contribution in [2.45, 2.75) is 12.7 Å². The molecule has 1 aromatic carbocycles. The molecular formula is C14H10ClF3N4O2. The number of hydrogen-bond acceptors (Lipinski definition) is 3. The maximum Gasteiger partial charge on any atom is 0.432 e. The maximum atomic E-state index is 12.4. The Morgan fingerprint density at radius 1 is 1.38 bits per heavy atom. The fourth-order valence-corrected chi connectivity index (χ4v) is 2.21. The molecule has 2 aromatic heterocycles. The summed E-state index contributed by atoms with van der Waals surface area (Å²) in [4.78, 5) is 17.2. The van der Waals surface area contributed by atoms with E-state index in [-0.39, 0.29) is 12.5 Å². The number of anilines is 1. The first-order valence-corrected chi connectivity index (χ1v) is 7.03. The minimum atomic E-state index is -4.56. The van der Waals surface area contributed by atoms with Crippen molar-refractivity contribution in [2.24, 2.45) is 0 Å². The topological polar surface area (TPSA) is 82.9 Å². The summed E-state index contributed by atoms with van der Waals surface area (Å²) in [5.74, 6) is -0.302. The summed E-state index contributed by atoms with van der Waals surface area (Å²) >= 11 is 5.85. The normalized spacial score (nSPS) is 11.7. The molecule has 0 fully saturated rings. The highest BCUT2D eigenvalue weighted by atomic mass is 35.5. The smallest absolute Gasteiger partial charge is 0.432 e. The lowest BCUT2D eigenvalue weighted by atomic mass is 10.2. The fraction of sp³-hybridized carbons (Fsp3) is 0.143. The Balaban J connectivity index is 1.62. The number of alkyl halides is 3. The Bertz CT molecular complexity index is 888. The van der Waals surface area contributed by atoms with Crippen LogP contribution in [0.4, 0.5) is 23.9 Å². The molecule has 24 heavy (non-hydrogen) atoms. The van der Waals surface area contributed by atoms with Crippen LogP contribution in [0.25, 0.3) is 11.0 Å². The summed E-state index contributed by atoms with van der Waals surface area (Å²) < 4.78 is 42.6. The standard InChI is InChI=1S/C14H10ClF3N4O2/c15-8-1-2-9-7(6-24-10(9)3-8)4-20-13(23)22-12-19-5-11(21-12)14(16,17)18/h1-3,5-6H,4H2,(H3,19,20,21,22,23). The summed E-state index contributed by atoms with van der Waals surface area (Å²) in [6.45, 7) is 0.118. The van der Waals surface area contributed by atoms with Gasteiger partial charge in [0, 0.05) is 22.5 Å². The van der Waals surface area contributed by atoms with Gasteiger partial charge in [-0.25, -0.2) is 9.78 Å². The number of nitrogens with zero attached hydrogens (tertiary/aromatic N) is 1. The Morgan fingerprint density at radius 2 is 2.17 bits per heavy atom.